The Morgan fingerprint density at radius 1 is 1.32 bits per heavy atom. The van der Waals surface area contributed by atoms with E-state index in [1.165, 1.54) is 6.20 Å². The quantitative estimate of drug-likeness (QED) is 0.666. The summed E-state index contributed by atoms with van der Waals surface area (Å²) in [5.41, 5.74) is 1.68. The maximum absolute atomic E-state index is 12.7. The minimum absolute atomic E-state index is 0.371. The van der Waals surface area contributed by atoms with Crippen molar-refractivity contribution in [1.29, 1.82) is 5.26 Å². The van der Waals surface area contributed by atoms with Gasteiger partial charge in [-0.3, -0.25) is 14.3 Å². The molecule has 0 aliphatic carbocycles. The lowest BCUT2D eigenvalue weighted by Gasteiger charge is -2.15. The monoisotopic (exact) mass is 338 g/mol. The van der Waals surface area contributed by atoms with Crippen LogP contribution >= 0.6 is 0 Å². The predicted molar refractivity (Wildman–Crippen MR) is 90.2 cm³/mol. The molecule has 1 aliphatic heterocycles. The van der Waals surface area contributed by atoms with E-state index < -0.39 is 17.6 Å². The van der Waals surface area contributed by atoms with Crippen LogP contribution in [0.5, 0.6) is 5.75 Å². The van der Waals surface area contributed by atoms with Crippen LogP contribution in [0.25, 0.3) is 0 Å². The minimum Gasteiger partial charge on any atom is -0.497 e. The van der Waals surface area contributed by atoms with Crippen molar-refractivity contribution >= 4 is 17.4 Å². The van der Waals surface area contributed by atoms with Crippen molar-refractivity contribution in [3.63, 3.8) is 0 Å². The first-order valence-corrected chi connectivity index (χ1v) is 8.07. The van der Waals surface area contributed by atoms with Gasteiger partial charge in [0.2, 0.25) is 5.91 Å². The number of anilines is 1. The second-order valence-electron chi connectivity index (χ2n) is 5.83. The number of hydrogen-bond acceptors (Lipinski definition) is 5. The number of amides is 1. The van der Waals surface area contributed by atoms with Gasteiger partial charge < -0.3 is 10.1 Å². The van der Waals surface area contributed by atoms with Gasteiger partial charge >= 0.3 is 0 Å². The summed E-state index contributed by atoms with van der Waals surface area (Å²) in [5, 5.41) is 16.2. The maximum atomic E-state index is 12.7. The van der Waals surface area contributed by atoms with Crippen LogP contribution in [0.1, 0.15) is 28.9 Å². The lowest BCUT2D eigenvalue weighted by Crippen LogP contribution is -2.29. The number of aromatic nitrogens is 2. The largest absolute Gasteiger partial charge is 0.497 e. The lowest BCUT2D eigenvalue weighted by atomic mass is 9.95. The highest BCUT2D eigenvalue weighted by Crippen LogP contribution is 2.22. The van der Waals surface area contributed by atoms with Gasteiger partial charge in [0.05, 0.1) is 24.9 Å². The fourth-order valence-corrected chi connectivity index (χ4v) is 2.91. The molecule has 2 aromatic rings. The van der Waals surface area contributed by atoms with E-state index in [9.17, 15) is 14.9 Å². The van der Waals surface area contributed by atoms with Crippen molar-refractivity contribution in [1.82, 2.24) is 9.78 Å². The summed E-state index contributed by atoms with van der Waals surface area (Å²) in [6.07, 6.45) is 4.19. The normalized spacial score (nSPS) is 14.1. The number of hydrogen-bond donors (Lipinski definition) is 1. The van der Waals surface area contributed by atoms with E-state index in [4.69, 9.17) is 4.74 Å². The highest BCUT2D eigenvalue weighted by molar-refractivity contribution is 6.15. The van der Waals surface area contributed by atoms with E-state index >= 15 is 0 Å². The molecule has 1 aromatic heterocycles. The molecule has 1 N–H and O–H groups in total. The first kappa shape index (κ1) is 16.7. The van der Waals surface area contributed by atoms with Gasteiger partial charge in [-0.1, -0.05) is 0 Å². The van der Waals surface area contributed by atoms with Gasteiger partial charge in [-0.25, -0.2) is 0 Å². The third-order valence-electron chi connectivity index (χ3n) is 4.26. The summed E-state index contributed by atoms with van der Waals surface area (Å²) >= 11 is 0. The van der Waals surface area contributed by atoms with Crippen LogP contribution in [0, 0.1) is 17.2 Å². The van der Waals surface area contributed by atoms with E-state index in [0.29, 0.717) is 17.0 Å². The summed E-state index contributed by atoms with van der Waals surface area (Å²) in [6.45, 7) is 0.762. The lowest BCUT2D eigenvalue weighted by molar-refractivity contribution is -0.117. The van der Waals surface area contributed by atoms with Gasteiger partial charge in [-0.15, -0.1) is 0 Å². The first-order valence-electron chi connectivity index (χ1n) is 8.07. The first-order chi connectivity index (χ1) is 12.1. The average Bonchev–Trinajstić information content (AvgIpc) is 3.07. The SMILES string of the molecule is COc1ccc(NC(=O)[C@H](C#N)C(=O)c2cnn3c2CCCC3)cc1. The van der Waals surface area contributed by atoms with Gasteiger partial charge in [-0.05, 0) is 43.5 Å². The van der Waals surface area contributed by atoms with Crippen molar-refractivity contribution in [3.8, 4) is 11.8 Å². The number of fused-ring (bicyclic) bond motifs is 1. The number of rotatable bonds is 5. The van der Waals surface area contributed by atoms with E-state index in [-0.39, 0.29) is 0 Å². The molecule has 0 spiro atoms. The summed E-state index contributed by atoms with van der Waals surface area (Å²) in [4.78, 5) is 25.1. The zero-order valence-corrected chi connectivity index (χ0v) is 13.9. The van der Waals surface area contributed by atoms with Crippen LogP contribution in [0.4, 0.5) is 5.69 Å². The number of benzene rings is 1. The highest BCUT2D eigenvalue weighted by atomic mass is 16.5. The number of nitrogens with one attached hydrogen (secondary N) is 1. The smallest absolute Gasteiger partial charge is 0.249 e. The summed E-state index contributed by atoms with van der Waals surface area (Å²) in [6, 6.07) is 8.49. The third kappa shape index (κ3) is 3.38. The Hall–Kier alpha value is -3.14. The molecule has 25 heavy (non-hydrogen) atoms. The highest BCUT2D eigenvalue weighted by Gasteiger charge is 2.31. The van der Waals surface area contributed by atoms with E-state index in [2.05, 4.69) is 10.4 Å². The van der Waals surface area contributed by atoms with Crippen LogP contribution in [0.2, 0.25) is 0 Å². The van der Waals surface area contributed by atoms with Crippen LogP contribution in [-0.4, -0.2) is 28.6 Å². The van der Waals surface area contributed by atoms with Crippen LogP contribution in [0.15, 0.2) is 30.5 Å². The predicted octanol–water partition coefficient (Wildman–Crippen LogP) is 2.19. The standard InChI is InChI=1S/C18H18N4O3/c1-25-13-7-5-12(6-8-13)21-18(24)14(10-19)17(23)15-11-20-22-9-3-2-4-16(15)22/h5-8,11,14H,2-4,9H2,1H3,(H,21,24)/t14-/m1/s1. The fourth-order valence-electron chi connectivity index (χ4n) is 2.91. The summed E-state index contributed by atoms with van der Waals surface area (Å²) in [5.74, 6) is -1.90. The van der Waals surface area contributed by atoms with Crippen LogP contribution in [-0.2, 0) is 17.8 Å². The second-order valence-corrected chi connectivity index (χ2v) is 5.83. The van der Waals surface area contributed by atoms with Crippen molar-refractivity contribution < 1.29 is 14.3 Å². The van der Waals surface area contributed by atoms with Crippen LogP contribution < -0.4 is 10.1 Å². The maximum Gasteiger partial charge on any atom is 0.249 e. The molecule has 1 amide bonds. The van der Waals surface area contributed by atoms with E-state index in [0.717, 1.165) is 31.5 Å². The number of methoxy groups -OCH3 is 1. The number of aryl methyl sites for hydroxylation is 1. The summed E-state index contributed by atoms with van der Waals surface area (Å²) in [7, 11) is 1.55. The number of carbonyl (C=O) groups is 2. The van der Waals surface area contributed by atoms with Crippen molar-refractivity contribution in [2.75, 3.05) is 12.4 Å². The molecule has 0 radical (unpaired) electrons. The zero-order valence-electron chi connectivity index (χ0n) is 13.9. The molecule has 1 aliphatic rings. The Balaban J connectivity index is 1.76. The second kappa shape index (κ2) is 7.18. The molecule has 0 saturated heterocycles. The van der Waals surface area contributed by atoms with Gasteiger partial charge in [0.1, 0.15) is 5.75 Å². The third-order valence-corrected chi connectivity index (χ3v) is 4.26. The number of nitrogens with zero attached hydrogens (tertiary/aromatic N) is 3. The number of nitriles is 1. The molecular formula is C18H18N4O3. The molecule has 128 valence electrons. The van der Waals surface area contributed by atoms with Gasteiger partial charge in [0, 0.05) is 17.9 Å². The van der Waals surface area contributed by atoms with Crippen molar-refractivity contribution in [2.24, 2.45) is 5.92 Å². The molecule has 1 aromatic carbocycles. The number of Topliss-reactive ketones (excluding diaryl/α,β-unsaturated/α-hetero) is 1. The molecular weight excluding hydrogens is 320 g/mol. The Bertz CT molecular complexity index is 833. The van der Waals surface area contributed by atoms with Gasteiger partial charge in [-0.2, -0.15) is 10.4 Å². The molecule has 0 bridgehead atoms. The van der Waals surface area contributed by atoms with Crippen molar-refractivity contribution in [3.05, 3.63) is 41.7 Å². The molecule has 1 atom stereocenters. The number of ketones is 1. The Kier molecular flexibility index (Phi) is 4.80. The number of carbonyl (C=O) groups excluding carboxylic acids is 2. The van der Waals surface area contributed by atoms with E-state index in [1.807, 2.05) is 6.07 Å². The van der Waals surface area contributed by atoms with E-state index in [1.54, 1.807) is 36.1 Å². The van der Waals surface area contributed by atoms with Gasteiger partial charge in [0.25, 0.3) is 0 Å². The molecule has 0 saturated carbocycles. The van der Waals surface area contributed by atoms with Crippen LogP contribution in [0.3, 0.4) is 0 Å². The fraction of sp³-hybridized carbons (Fsp3) is 0.333. The molecule has 3 rings (SSSR count). The topological polar surface area (TPSA) is 97.0 Å². The molecule has 0 fully saturated rings. The summed E-state index contributed by atoms with van der Waals surface area (Å²) < 4.78 is 6.84. The Labute approximate surface area is 145 Å². The Morgan fingerprint density at radius 2 is 2.08 bits per heavy atom. The average molecular weight is 338 g/mol. The minimum atomic E-state index is -1.40. The molecule has 0 unspecified atom stereocenters. The zero-order chi connectivity index (χ0) is 17.8. The van der Waals surface area contributed by atoms with Crippen molar-refractivity contribution in [2.45, 2.75) is 25.8 Å². The van der Waals surface area contributed by atoms with Gasteiger partial charge in [0.15, 0.2) is 11.7 Å². The molecule has 2 heterocycles. The molecule has 7 nitrogen and oxygen atoms in total. The molecule has 7 heteroatoms. The Morgan fingerprint density at radius 3 is 2.76 bits per heavy atom. The number of ether oxygens (including phenoxy) is 1.